The van der Waals surface area contributed by atoms with Crippen LogP contribution in [0, 0.1) is 40.4 Å². The van der Waals surface area contributed by atoms with E-state index >= 15 is 0 Å². The molecule has 146 valence electrons. The molecular weight excluding hydrogens is 348 g/mol. The Morgan fingerprint density at radius 2 is 1.70 bits per heavy atom. The number of nitriles is 2. The van der Waals surface area contributed by atoms with Crippen LogP contribution in [0.1, 0.15) is 89.4 Å². The Labute approximate surface area is 169 Å². The molecule has 0 bridgehead atoms. The van der Waals surface area contributed by atoms with E-state index in [2.05, 4.69) is 44.4 Å². The second kappa shape index (κ2) is 11.3. The zero-order chi connectivity index (χ0) is 19.6. The van der Waals surface area contributed by atoms with E-state index in [0.717, 1.165) is 6.42 Å². The monoisotopic (exact) mass is 382 g/mol. The summed E-state index contributed by atoms with van der Waals surface area (Å²) in [6, 6.07) is 8.66. The summed E-state index contributed by atoms with van der Waals surface area (Å²) in [4.78, 5) is 1.20. The molecule has 2 rings (SSSR count). The Morgan fingerprint density at radius 3 is 2.22 bits per heavy atom. The smallest absolute Gasteiger partial charge is 0.140 e. The van der Waals surface area contributed by atoms with Crippen LogP contribution in [0.5, 0.6) is 0 Å². The van der Waals surface area contributed by atoms with E-state index in [1.807, 2.05) is 6.07 Å². The van der Waals surface area contributed by atoms with E-state index in [1.165, 1.54) is 56.2 Å². The fraction of sp³-hybridized carbons (Fsp3) is 0.667. The average Bonchev–Trinajstić information content (AvgIpc) is 3.21. The summed E-state index contributed by atoms with van der Waals surface area (Å²) in [5.41, 5.74) is 3.42. The third-order valence-corrected chi connectivity index (χ3v) is 7.20. The summed E-state index contributed by atoms with van der Waals surface area (Å²) in [5.74, 6) is 0.735. The SMILES string of the molecule is CCCCC1=C(CCCC)C[C@H](C)[C@H](CC(c2cccs2)C(C#N)C#N)C1. The van der Waals surface area contributed by atoms with Gasteiger partial charge >= 0.3 is 0 Å². The van der Waals surface area contributed by atoms with E-state index in [4.69, 9.17) is 0 Å². The van der Waals surface area contributed by atoms with Crippen molar-refractivity contribution in [3.8, 4) is 12.1 Å². The van der Waals surface area contributed by atoms with Crippen molar-refractivity contribution in [2.75, 3.05) is 0 Å². The van der Waals surface area contributed by atoms with Gasteiger partial charge in [0.2, 0.25) is 0 Å². The fourth-order valence-electron chi connectivity index (χ4n) is 4.47. The number of unbranched alkanes of at least 4 members (excludes halogenated alkanes) is 2. The van der Waals surface area contributed by atoms with E-state index < -0.39 is 5.92 Å². The van der Waals surface area contributed by atoms with Crippen molar-refractivity contribution in [2.24, 2.45) is 17.8 Å². The molecule has 1 aliphatic carbocycles. The number of allylic oxidation sites excluding steroid dienone is 2. The topological polar surface area (TPSA) is 47.6 Å². The van der Waals surface area contributed by atoms with Gasteiger partial charge in [-0.15, -0.1) is 11.3 Å². The van der Waals surface area contributed by atoms with Gasteiger partial charge in [0.05, 0.1) is 12.1 Å². The predicted molar refractivity (Wildman–Crippen MR) is 114 cm³/mol. The molecule has 0 N–H and O–H groups in total. The maximum atomic E-state index is 9.52. The molecule has 3 atom stereocenters. The van der Waals surface area contributed by atoms with Crippen LogP contribution < -0.4 is 0 Å². The molecule has 3 heteroatoms. The third-order valence-electron chi connectivity index (χ3n) is 6.19. The molecule has 1 aromatic rings. The van der Waals surface area contributed by atoms with Crippen LogP contribution in [-0.2, 0) is 0 Å². The minimum absolute atomic E-state index is 0.0528. The first-order valence-electron chi connectivity index (χ1n) is 10.7. The van der Waals surface area contributed by atoms with E-state index in [0.29, 0.717) is 11.8 Å². The van der Waals surface area contributed by atoms with Gasteiger partial charge in [-0.1, -0.05) is 50.8 Å². The molecule has 0 spiro atoms. The molecule has 0 aliphatic heterocycles. The first-order chi connectivity index (χ1) is 13.1. The number of thiophene rings is 1. The molecule has 2 nitrogen and oxygen atoms in total. The molecular formula is C24H34N2S. The first-order valence-corrected chi connectivity index (χ1v) is 11.5. The molecule has 1 aliphatic rings. The van der Waals surface area contributed by atoms with E-state index in [9.17, 15) is 10.5 Å². The Kier molecular flexibility index (Phi) is 9.09. The van der Waals surface area contributed by atoms with Crippen LogP contribution in [0.4, 0.5) is 0 Å². The lowest BCUT2D eigenvalue weighted by molar-refractivity contribution is 0.277. The van der Waals surface area contributed by atoms with E-state index in [-0.39, 0.29) is 5.92 Å². The number of hydrogen-bond acceptors (Lipinski definition) is 3. The van der Waals surface area contributed by atoms with Crippen molar-refractivity contribution in [2.45, 2.75) is 84.5 Å². The van der Waals surface area contributed by atoms with Crippen LogP contribution >= 0.6 is 11.3 Å². The van der Waals surface area contributed by atoms with Crippen molar-refractivity contribution in [1.82, 2.24) is 0 Å². The lowest BCUT2D eigenvalue weighted by Gasteiger charge is -2.35. The highest BCUT2D eigenvalue weighted by atomic mass is 32.1. The van der Waals surface area contributed by atoms with Gasteiger partial charge in [0.25, 0.3) is 0 Å². The second-order valence-electron chi connectivity index (χ2n) is 8.15. The summed E-state index contributed by atoms with van der Waals surface area (Å²) >= 11 is 1.69. The van der Waals surface area contributed by atoms with Crippen LogP contribution in [-0.4, -0.2) is 0 Å². The molecule has 0 fully saturated rings. The van der Waals surface area contributed by atoms with Crippen molar-refractivity contribution < 1.29 is 0 Å². The zero-order valence-electron chi connectivity index (χ0n) is 17.2. The maximum absolute atomic E-state index is 9.52. The Hall–Kier alpha value is -1.58. The van der Waals surface area contributed by atoms with Crippen LogP contribution in [0.3, 0.4) is 0 Å². The van der Waals surface area contributed by atoms with Gasteiger partial charge in [0.15, 0.2) is 0 Å². The van der Waals surface area contributed by atoms with Crippen molar-refractivity contribution in [3.63, 3.8) is 0 Å². The van der Waals surface area contributed by atoms with Gasteiger partial charge in [0, 0.05) is 10.8 Å². The van der Waals surface area contributed by atoms with Gasteiger partial charge in [-0.3, -0.25) is 0 Å². The van der Waals surface area contributed by atoms with Crippen LogP contribution in [0.25, 0.3) is 0 Å². The second-order valence-corrected chi connectivity index (χ2v) is 9.13. The average molecular weight is 383 g/mol. The normalized spacial score (nSPS) is 21.1. The summed E-state index contributed by atoms with van der Waals surface area (Å²) in [7, 11) is 0. The Bertz CT molecular complexity index is 660. The third kappa shape index (κ3) is 5.95. The molecule has 0 saturated carbocycles. The molecule has 1 heterocycles. The lowest BCUT2D eigenvalue weighted by Crippen LogP contribution is -2.24. The lowest BCUT2D eigenvalue weighted by atomic mass is 9.70. The van der Waals surface area contributed by atoms with Gasteiger partial charge in [-0.25, -0.2) is 0 Å². The maximum Gasteiger partial charge on any atom is 0.140 e. The highest BCUT2D eigenvalue weighted by Gasteiger charge is 2.33. The zero-order valence-corrected chi connectivity index (χ0v) is 18.0. The number of rotatable bonds is 10. The van der Waals surface area contributed by atoms with Gasteiger partial charge in [-0.2, -0.15) is 10.5 Å². The largest absolute Gasteiger partial charge is 0.197 e. The molecule has 27 heavy (non-hydrogen) atoms. The number of hydrogen-bond donors (Lipinski definition) is 0. The summed E-state index contributed by atoms with van der Waals surface area (Å²) in [6.07, 6.45) is 10.9. The Morgan fingerprint density at radius 1 is 1.07 bits per heavy atom. The van der Waals surface area contributed by atoms with Crippen molar-refractivity contribution in [1.29, 1.82) is 10.5 Å². The van der Waals surface area contributed by atoms with Gasteiger partial charge in [0.1, 0.15) is 5.92 Å². The highest BCUT2D eigenvalue weighted by molar-refractivity contribution is 7.10. The van der Waals surface area contributed by atoms with Crippen LogP contribution in [0.2, 0.25) is 0 Å². The minimum Gasteiger partial charge on any atom is -0.197 e. The molecule has 1 aromatic heterocycles. The van der Waals surface area contributed by atoms with Crippen LogP contribution in [0.15, 0.2) is 28.7 Å². The Balaban J connectivity index is 2.20. The highest BCUT2D eigenvalue weighted by Crippen LogP contribution is 2.44. The van der Waals surface area contributed by atoms with Crippen molar-refractivity contribution >= 4 is 11.3 Å². The molecule has 0 radical (unpaired) electrons. The standard InChI is InChI=1S/C24H34N2S/c1-4-6-9-19-13-18(3)21(14-20(19)10-7-5-2)15-23(22(16-25)17-26)24-11-8-12-27-24/h8,11-12,18,21-23H,4-7,9-10,13-15H2,1-3H3/t18-,21-,23?/m0/s1. The molecule has 1 unspecified atom stereocenters. The molecule has 0 aromatic carbocycles. The molecule has 0 amide bonds. The summed E-state index contributed by atoms with van der Waals surface area (Å²) in [5, 5.41) is 21.1. The van der Waals surface area contributed by atoms with E-state index in [1.54, 1.807) is 22.5 Å². The van der Waals surface area contributed by atoms with Gasteiger partial charge < -0.3 is 0 Å². The fourth-order valence-corrected chi connectivity index (χ4v) is 5.35. The quantitative estimate of drug-likeness (QED) is 0.391. The van der Waals surface area contributed by atoms with Crippen molar-refractivity contribution in [3.05, 3.63) is 33.5 Å². The number of nitrogens with zero attached hydrogens (tertiary/aromatic N) is 2. The predicted octanol–water partition coefficient (Wildman–Crippen LogP) is 7.61. The first kappa shape index (κ1) is 21.7. The summed E-state index contributed by atoms with van der Waals surface area (Å²) < 4.78 is 0. The van der Waals surface area contributed by atoms with Gasteiger partial charge in [-0.05, 0) is 68.2 Å². The minimum atomic E-state index is -0.541. The molecule has 0 saturated heterocycles. The summed E-state index contributed by atoms with van der Waals surface area (Å²) in [6.45, 7) is 6.93.